The maximum absolute atomic E-state index is 13.0. The molecule has 1 N–H and O–H groups in total. The van der Waals surface area contributed by atoms with Crippen LogP contribution in [0.25, 0.3) is 0 Å². The van der Waals surface area contributed by atoms with Crippen LogP contribution >= 0.6 is 0 Å². The molecule has 4 heteroatoms. The molecule has 1 aromatic carbocycles. The van der Waals surface area contributed by atoms with Gasteiger partial charge >= 0.3 is 0 Å². The summed E-state index contributed by atoms with van der Waals surface area (Å²) in [5.41, 5.74) is 0.0700. The number of nitrogens with zero attached hydrogens (tertiary/aromatic N) is 2. The molecule has 0 bridgehead atoms. The Balaban J connectivity index is 1.55. The molecular weight excluding hydrogens is 267 g/mol. The molecular formula is C17H25FN2O. The Morgan fingerprint density at radius 2 is 1.86 bits per heavy atom. The van der Waals surface area contributed by atoms with Gasteiger partial charge in [0.15, 0.2) is 0 Å². The fourth-order valence-corrected chi connectivity index (χ4v) is 3.69. The van der Waals surface area contributed by atoms with Gasteiger partial charge in [0.25, 0.3) is 0 Å². The van der Waals surface area contributed by atoms with E-state index in [-0.39, 0.29) is 5.82 Å². The molecule has 0 amide bonds. The van der Waals surface area contributed by atoms with E-state index in [4.69, 9.17) is 0 Å². The lowest BCUT2D eigenvalue weighted by Gasteiger charge is -2.39. The topological polar surface area (TPSA) is 26.7 Å². The van der Waals surface area contributed by atoms with Crippen LogP contribution in [0.5, 0.6) is 0 Å². The highest BCUT2D eigenvalue weighted by molar-refractivity contribution is 5.23. The summed E-state index contributed by atoms with van der Waals surface area (Å²) in [5, 5.41) is 10.8. The molecule has 2 aliphatic heterocycles. The van der Waals surface area contributed by atoms with Gasteiger partial charge in [-0.25, -0.2) is 4.39 Å². The minimum atomic E-state index is -0.781. The quantitative estimate of drug-likeness (QED) is 0.924. The summed E-state index contributed by atoms with van der Waals surface area (Å²) in [6.45, 7) is 5.39. The average molecular weight is 292 g/mol. The van der Waals surface area contributed by atoms with Crippen molar-refractivity contribution in [3.63, 3.8) is 0 Å². The van der Waals surface area contributed by atoms with Crippen LogP contribution in [0, 0.1) is 11.7 Å². The van der Waals surface area contributed by atoms with E-state index in [1.54, 1.807) is 12.1 Å². The third-order valence-corrected chi connectivity index (χ3v) is 5.07. The second-order valence-corrected chi connectivity index (χ2v) is 6.76. The minimum Gasteiger partial charge on any atom is -0.385 e. The predicted octanol–water partition coefficient (Wildman–Crippen LogP) is 2.06. The molecule has 0 unspecified atom stereocenters. The van der Waals surface area contributed by atoms with Gasteiger partial charge in [-0.1, -0.05) is 12.1 Å². The first-order valence-electron chi connectivity index (χ1n) is 7.94. The Bertz CT molecular complexity index is 468. The van der Waals surface area contributed by atoms with Gasteiger partial charge in [-0.3, -0.25) is 0 Å². The van der Waals surface area contributed by atoms with Crippen molar-refractivity contribution in [2.45, 2.75) is 24.9 Å². The van der Waals surface area contributed by atoms with E-state index in [1.165, 1.54) is 31.6 Å². The van der Waals surface area contributed by atoms with Crippen LogP contribution in [0.4, 0.5) is 4.39 Å². The first-order chi connectivity index (χ1) is 10.0. The van der Waals surface area contributed by atoms with E-state index in [1.807, 2.05) is 0 Å². The van der Waals surface area contributed by atoms with E-state index in [0.29, 0.717) is 0 Å². The SMILES string of the molecule is CN1CC[C@H](CN2CCC(O)(c3ccc(F)cc3)CC2)C1. The van der Waals surface area contributed by atoms with E-state index >= 15 is 0 Å². The smallest absolute Gasteiger partial charge is 0.123 e. The van der Waals surface area contributed by atoms with Gasteiger partial charge in [0.05, 0.1) is 5.60 Å². The number of hydrogen-bond acceptors (Lipinski definition) is 3. The summed E-state index contributed by atoms with van der Waals surface area (Å²) in [5.74, 6) is 0.525. The molecule has 0 spiro atoms. The average Bonchev–Trinajstić information content (AvgIpc) is 2.88. The second-order valence-electron chi connectivity index (χ2n) is 6.76. The van der Waals surface area contributed by atoms with Gasteiger partial charge in [0, 0.05) is 26.2 Å². The van der Waals surface area contributed by atoms with Crippen molar-refractivity contribution in [3.8, 4) is 0 Å². The van der Waals surface area contributed by atoms with Crippen LogP contribution in [-0.2, 0) is 5.60 Å². The highest BCUT2D eigenvalue weighted by Gasteiger charge is 2.34. The number of likely N-dealkylation sites (tertiary alicyclic amines) is 2. The maximum atomic E-state index is 13.0. The molecule has 2 heterocycles. The summed E-state index contributed by atoms with van der Waals surface area (Å²) in [6, 6.07) is 6.32. The molecule has 2 fully saturated rings. The molecule has 21 heavy (non-hydrogen) atoms. The summed E-state index contributed by atoms with van der Waals surface area (Å²) < 4.78 is 13.0. The fourth-order valence-electron chi connectivity index (χ4n) is 3.69. The molecule has 1 aromatic rings. The molecule has 3 rings (SSSR count). The second kappa shape index (κ2) is 6.03. The lowest BCUT2D eigenvalue weighted by atomic mass is 9.84. The number of piperidine rings is 1. The van der Waals surface area contributed by atoms with E-state index in [0.717, 1.165) is 44.0 Å². The fraction of sp³-hybridized carbons (Fsp3) is 0.647. The number of benzene rings is 1. The van der Waals surface area contributed by atoms with Crippen LogP contribution in [0.15, 0.2) is 24.3 Å². The van der Waals surface area contributed by atoms with Gasteiger partial charge < -0.3 is 14.9 Å². The van der Waals surface area contributed by atoms with Gasteiger partial charge in [0.1, 0.15) is 5.82 Å². The Hall–Kier alpha value is -0.970. The Labute approximate surface area is 126 Å². The van der Waals surface area contributed by atoms with Crippen LogP contribution in [0.2, 0.25) is 0 Å². The van der Waals surface area contributed by atoms with Crippen LogP contribution in [0.1, 0.15) is 24.8 Å². The van der Waals surface area contributed by atoms with E-state index in [2.05, 4.69) is 16.8 Å². The number of hydrogen-bond donors (Lipinski definition) is 1. The Kier molecular flexibility index (Phi) is 4.29. The Morgan fingerprint density at radius 3 is 2.43 bits per heavy atom. The molecule has 0 aromatic heterocycles. The predicted molar refractivity (Wildman–Crippen MR) is 81.6 cm³/mol. The number of rotatable bonds is 3. The Morgan fingerprint density at radius 1 is 1.19 bits per heavy atom. The molecule has 0 saturated carbocycles. The van der Waals surface area contributed by atoms with Crippen molar-refractivity contribution in [1.29, 1.82) is 0 Å². The zero-order chi connectivity index (χ0) is 14.9. The summed E-state index contributed by atoms with van der Waals surface area (Å²) in [7, 11) is 2.18. The standard InChI is InChI=1S/C17H25FN2O/c1-19-9-6-14(12-19)13-20-10-7-17(21,8-11-20)15-2-4-16(18)5-3-15/h2-5,14,21H,6-13H2,1H3/t14-/m0/s1. The highest BCUT2D eigenvalue weighted by Crippen LogP contribution is 2.33. The van der Waals surface area contributed by atoms with Gasteiger partial charge in [0.2, 0.25) is 0 Å². The molecule has 1 atom stereocenters. The zero-order valence-electron chi connectivity index (χ0n) is 12.8. The first kappa shape index (κ1) is 14.9. The maximum Gasteiger partial charge on any atom is 0.123 e. The molecule has 2 saturated heterocycles. The van der Waals surface area contributed by atoms with Crippen LogP contribution in [-0.4, -0.2) is 54.7 Å². The van der Waals surface area contributed by atoms with E-state index in [9.17, 15) is 9.50 Å². The van der Waals surface area contributed by atoms with Gasteiger partial charge in [-0.2, -0.15) is 0 Å². The first-order valence-corrected chi connectivity index (χ1v) is 7.94. The van der Waals surface area contributed by atoms with Crippen LogP contribution < -0.4 is 0 Å². The monoisotopic (exact) mass is 292 g/mol. The number of aliphatic hydroxyl groups is 1. The number of halogens is 1. The van der Waals surface area contributed by atoms with Gasteiger partial charge in [-0.15, -0.1) is 0 Å². The van der Waals surface area contributed by atoms with Gasteiger partial charge in [-0.05, 0) is 56.5 Å². The lowest BCUT2D eigenvalue weighted by Crippen LogP contribution is -2.44. The third kappa shape index (κ3) is 3.44. The summed E-state index contributed by atoms with van der Waals surface area (Å²) >= 11 is 0. The normalized spacial score (nSPS) is 27.1. The molecule has 0 radical (unpaired) electrons. The van der Waals surface area contributed by atoms with Crippen molar-refractivity contribution in [3.05, 3.63) is 35.6 Å². The van der Waals surface area contributed by atoms with Crippen LogP contribution in [0.3, 0.4) is 0 Å². The van der Waals surface area contributed by atoms with Crippen molar-refractivity contribution in [1.82, 2.24) is 9.80 Å². The molecule has 3 nitrogen and oxygen atoms in total. The van der Waals surface area contributed by atoms with Crippen molar-refractivity contribution >= 4 is 0 Å². The third-order valence-electron chi connectivity index (χ3n) is 5.07. The lowest BCUT2D eigenvalue weighted by molar-refractivity contribution is -0.0285. The summed E-state index contributed by atoms with van der Waals surface area (Å²) in [4.78, 5) is 4.87. The van der Waals surface area contributed by atoms with Crippen molar-refractivity contribution in [2.24, 2.45) is 5.92 Å². The summed E-state index contributed by atoms with van der Waals surface area (Å²) in [6.07, 6.45) is 2.76. The largest absolute Gasteiger partial charge is 0.385 e. The minimum absolute atomic E-state index is 0.245. The van der Waals surface area contributed by atoms with E-state index < -0.39 is 5.60 Å². The molecule has 116 valence electrons. The molecule has 0 aliphatic carbocycles. The molecule has 2 aliphatic rings. The van der Waals surface area contributed by atoms with Crippen molar-refractivity contribution in [2.75, 3.05) is 39.8 Å². The highest BCUT2D eigenvalue weighted by atomic mass is 19.1. The van der Waals surface area contributed by atoms with Crippen molar-refractivity contribution < 1.29 is 9.50 Å². The zero-order valence-corrected chi connectivity index (χ0v) is 12.8.